The minimum absolute atomic E-state index is 0.0349. The standard InChI is InChI=1S/C15H18ClN5O3S/c1-4-24-13(22)7-12-19-20-15(21(12)3)25-9(2)14(23)18-11-6-5-10(16)8-17-11/h5-6,8-9H,4,7H2,1-3H3,(H,17,18,23)/t9-/m0/s1. The van der Waals surface area contributed by atoms with Crippen LogP contribution in [0.4, 0.5) is 5.82 Å². The number of carbonyl (C=O) groups excluding carboxylic acids is 2. The third kappa shape index (κ3) is 5.43. The molecule has 1 amide bonds. The molecule has 0 aliphatic heterocycles. The Morgan fingerprint density at radius 3 is 2.80 bits per heavy atom. The average Bonchev–Trinajstić information content (AvgIpc) is 2.90. The van der Waals surface area contributed by atoms with Crippen molar-refractivity contribution in [3.63, 3.8) is 0 Å². The van der Waals surface area contributed by atoms with Crippen molar-refractivity contribution in [2.45, 2.75) is 30.7 Å². The number of hydrogen-bond donors (Lipinski definition) is 1. The number of thioether (sulfide) groups is 1. The molecule has 2 heterocycles. The van der Waals surface area contributed by atoms with Gasteiger partial charge in [-0.05, 0) is 26.0 Å². The summed E-state index contributed by atoms with van der Waals surface area (Å²) in [5.74, 6) is 0.305. The topological polar surface area (TPSA) is 99.0 Å². The number of rotatable bonds is 7. The quantitative estimate of drug-likeness (QED) is 0.577. The molecule has 2 rings (SSSR count). The van der Waals surface area contributed by atoms with E-state index >= 15 is 0 Å². The van der Waals surface area contributed by atoms with E-state index in [9.17, 15) is 9.59 Å². The molecule has 0 fully saturated rings. The van der Waals surface area contributed by atoms with E-state index in [1.54, 1.807) is 37.6 Å². The molecular formula is C15H18ClN5O3S. The first kappa shape index (κ1) is 19.2. The van der Waals surface area contributed by atoms with Crippen LogP contribution in [0.2, 0.25) is 5.02 Å². The maximum atomic E-state index is 12.2. The molecule has 1 atom stereocenters. The second kappa shape index (κ2) is 8.82. The molecule has 0 radical (unpaired) electrons. The lowest BCUT2D eigenvalue weighted by Crippen LogP contribution is -2.23. The summed E-state index contributed by atoms with van der Waals surface area (Å²) in [5.41, 5.74) is 0. The van der Waals surface area contributed by atoms with E-state index in [0.717, 1.165) is 0 Å². The normalized spacial score (nSPS) is 11.8. The molecule has 1 N–H and O–H groups in total. The summed E-state index contributed by atoms with van der Waals surface area (Å²) < 4.78 is 6.57. The Balaban J connectivity index is 1.96. The highest BCUT2D eigenvalue weighted by Gasteiger charge is 2.20. The van der Waals surface area contributed by atoms with Gasteiger partial charge in [-0.2, -0.15) is 0 Å². The largest absolute Gasteiger partial charge is 0.466 e. The zero-order valence-electron chi connectivity index (χ0n) is 14.0. The van der Waals surface area contributed by atoms with E-state index in [0.29, 0.717) is 28.4 Å². The number of aromatic nitrogens is 4. The molecule has 0 bridgehead atoms. The van der Waals surface area contributed by atoms with Crippen molar-refractivity contribution in [1.82, 2.24) is 19.7 Å². The van der Waals surface area contributed by atoms with Crippen LogP contribution in [0, 0.1) is 0 Å². The van der Waals surface area contributed by atoms with Crippen molar-refractivity contribution in [2.75, 3.05) is 11.9 Å². The SMILES string of the molecule is CCOC(=O)Cc1nnc(S[C@@H](C)C(=O)Nc2ccc(Cl)cn2)n1C. The highest BCUT2D eigenvalue weighted by molar-refractivity contribution is 8.00. The van der Waals surface area contributed by atoms with Gasteiger partial charge in [-0.1, -0.05) is 23.4 Å². The Bertz CT molecular complexity index is 750. The maximum Gasteiger partial charge on any atom is 0.313 e. The first-order chi connectivity index (χ1) is 11.9. The maximum absolute atomic E-state index is 12.2. The van der Waals surface area contributed by atoms with Crippen LogP contribution in [0.3, 0.4) is 0 Å². The van der Waals surface area contributed by atoms with Crippen LogP contribution in [-0.2, 0) is 27.8 Å². The van der Waals surface area contributed by atoms with Gasteiger partial charge in [0.2, 0.25) is 5.91 Å². The van der Waals surface area contributed by atoms with Crippen LogP contribution in [0.25, 0.3) is 0 Å². The highest BCUT2D eigenvalue weighted by Crippen LogP contribution is 2.22. The fourth-order valence-electron chi connectivity index (χ4n) is 1.83. The fourth-order valence-corrected chi connectivity index (χ4v) is 2.78. The lowest BCUT2D eigenvalue weighted by molar-refractivity contribution is -0.142. The summed E-state index contributed by atoms with van der Waals surface area (Å²) in [5, 5.41) is 11.3. The summed E-state index contributed by atoms with van der Waals surface area (Å²) in [6, 6.07) is 3.27. The zero-order chi connectivity index (χ0) is 18.4. The molecule has 2 aromatic rings. The monoisotopic (exact) mass is 383 g/mol. The summed E-state index contributed by atoms with van der Waals surface area (Å²) in [6.07, 6.45) is 1.49. The Hall–Kier alpha value is -2.13. The van der Waals surface area contributed by atoms with Crippen LogP contribution in [0.15, 0.2) is 23.5 Å². The highest BCUT2D eigenvalue weighted by atomic mass is 35.5. The Morgan fingerprint density at radius 1 is 1.40 bits per heavy atom. The molecule has 0 saturated carbocycles. The van der Waals surface area contributed by atoms with Crippen LogP contribution < -0.4 is 5.32 Å². The lowest BCUT2D eigenvalue weighted by atomic mass is 10.4. The third-order valence-electron chi connectivity index (χ3n) is 3.16. The first-order valence-electron chi connectivity index (χ1n) is 7.53. The zero-order valence-corrected chi connectivity index (χ0v) is 15.6. The van der Waals surface area contributed by atoms with Crippen LogP contribution in [0.1, 0.15) is 19.7 Å². The summed E-state index contributed by atoms with van der Waals surface area (Å²) in [6.45, 7) is 3.80. The number of esters is 1. The number of anilines is 1. The van der Waals surface area contributed by atoms with E-state index in [4.69, 9.17) is 16.3 Å². The third-order valence-corrected chi connectivity index (χ3v) is 4.52. The average molecular weight is 384 g/mol. The van der Waals surface area contributed by atoms with E-state index in [1.807, 2.05) is 0 Å². The van der Waals surface area contributed by atoms with Gasteiger partial charge in [0, 0.05) is 13.2 Å². The number of hydrogen-bond acceptors (Lipinski definition) is 7. The summed E-state index contributed by atoms with van der Waals surface area (Å²) >= 11 is 7.00. The number of amides is 1. The molecule has 0 aromatic carbocycles. The van der Waals surface area contributed by atoms with Crippen molar-refractivity contribution >= 4 is 41.1 Å². The number of pyridine rings is 1. The Kier molecular flexibility index (Phi) is 6.77. The van der Waals surface area contributed by atoms with Crippen LogP contribution in [0.5, 0.6) is 0 Å². The Labute approximate surface area is 154 Å². The van der Waals surface area contributed by atoms with Crippen molar-refractivity contribution in [3.05, 3.63) is 29.2 Å². The number of nitrogens with one attached hydrogen (secondary N) is 1. The van der Waals surface area contributed by atoms with Gasteiger partial charge in [-0.15, -0.1) is 10.2 Å². The first-order valence-corrected chi connectivity index (χ1v) is 8.79. The van der Waals surface area contributed by atoms with Crippen molar-refractivity contribution in [3.8, 4) is 0 Å². The second-order valence-electron chi connectivity index (χ2n) is 5.05. The van der Waals surface area contributed by atoms with Crippen molar-refractivity contribution in [2.24, 2.45) is 7.05 Å². The van der Waals surface area contributed by atoms with Gasteiger partial charge in [-0.3, -0.25) is 9.59 Å². The predicted octanol–water partition coefficient (Wildman–Crippen LogP) is 2.09. The Morgan fingerprint density at radius 2 is 2.16 bits per heavy atom. The molecular weight excluding hydrogens is 366 g/mol. The summed E-state index contributed by atoms with van der Waals surface area (Å²) in [7, 11) is 1.74. The number of ether oxygens (including phenoxy) is 1. The van der Waals surface area contributed by atoms with E-state index in [2.05, 4.69) is 20.5 Å². The molecule has 0 saturated heterocycles. The van der Waals surface area contributed by atoms with Gasteiger partial charge in [0.05, 0.1) is 16.9 Å². The van der Waals surface area contributed by atoms with E-state index in [1.165, 1.54) is 18.0 Å². The molecule has 8 nitrogen and oxygen atoms in total. The predicted molar refractivity (Wildman–Crippen MR) is 94.5 cm³/mol. The minimum atomic E-state index is -0.434. The summed E-state index contributed by atoms with van der Waals surface area (Å²) in [4.78, 5) is 27.8. The molecule has 0 spiro atoms. The number of carbonyl (C=O) groups is 2. The number of halogens is 1. The second-order valence-corrected chi connectivity index (χ2v) is 6.79. The van der Waals surface area contributed by atoms with Gasteiger partial charge in [-0.25, -0.2) is 4.98 Å². The minimum Gasteiger partial charge on any atom is -0.466 e. The molecule has 2 aromatic heterocycles. The van der Waals surface area contributed by atoms with Crippen molar-refractivity contribution < 1.29 is 14.3 Å². The van der Waals surface area contributed by atoms with Crippen molar-refractivity contribution in [1.29, 1.82) is 0 Å². The molecule has 134 valence electrons. The van der Waals surface area contributed by atoms with Crippen LogP contribution in [-0.4, -0.2) is 43.5 Å². The molecule has 0 unspecified atom stereocenters. The lowest BCUT2D eigenvalue weighted by Gasteiger charge is -2.11. The molecule has 25 heavy (non-hydrogen) atoms. The van der Waals surface area contributed by atoms with Gasteiger partial charge in [0.25, 0.3) is 0 Å². The number of nitrogens with zero attached hydrogens (tertiary/aromatic N) is 4. The van der Waals surface area contributed by atoms with Crippen LogP contribution >= 0.6 is 23.4 Å². The van der Waals surface area contributed by atoms with E-state index in [-0.39, 0.29) is 18.3 Å². The molecule has 0 aliphatic carbocycles. The van der Waals surface area contributed by atoms with Gasteiger partial charge in [0.15, 0.2) is 5.16 Å². The van der Waals surface area contributed by atoms with Gasteiger partial charge >= 0.3 is 5.97 Å². The fraction of sp³-hybridized carbons (Fsp3) is 0.400. The van der Waals surface area contributed by atoms with Gasteiger partial charge < -0.3 is 14.6 Å². The molecule has 10 heteroatoms. The van der Waals surface area contributed by atoms with E-state index < -0.39 is 5.25 Å². The van der Waals surface area contributed by atoms with Gasteiger partial charge in [0.1, 0.15) is 18.1 Å². The molecule has 0 aliphatic rings. The smallest absolute Gasteiger partial charge is 0.313 e.